The van der Waals surface area contributed by atoms with E-state index in [1.165, 1.54) is 0 Å². The quantitative estimate of drug-likeness (QED) is 0.917. The topological polar surface area (TPSA) is 45.2 Å². The Morgan fingerprint density at radius 3 is 2.79 bits per heavy atom. The van der Waals surface area contributed by atoms with Crippen LogP contribution in [0.5, 0.6) is 0 Å². The highest BCUT2D eigenvalue weighted by molar-refractivity contribution is 5.91. The van der Waals surface area contributed by atoms with Crippen LogP contribution in [0.2, 0.25) is 0 Å². The summed E-state index contributed by atoms with van der Waals surface area (Å²) in [4.78, 5) is 17.6. The van der Waals surface area contributed by atoms with Crippen molar-refractivity contribution >= 4 is 11.7 Å². The molecule has 0 saturated carbocycles. The fourth-order valence-corrected chi connectivity index (χ4v) is 2.21. The molecule has 1 aromatic rings. The lowest BCUT2D eigenvalue weighted by Crippen LogP contribution is -2.52. The number of anilines is 1. The van der Waals surface area contributed by atoms with Gasteiger partial charge in [0.25, 0.3) is 0 Å². The Kier molecular flexibility index (Phi) is 3.97. The number of aromatic nitrogens is 1. The Labute approximate surface area is 110 Å². The number of pyridine rings is 1. The van der Waals surface area contributed by atoms with Crippen LogP contribution in [0.3, 0.4) is 0 Å². The molecule has 2 amide bonds. The number of likely N-dealkylation sites (tertiary alicyclic amines) is 1. The van der Waals surface area contributed by atoms with E-state index in [-0.39, 0.29) is 18.4 Å². The van der Waals surface area contributed by atoms with Gasteiger partial charge >= 0.3 is 6.03 Å². The molecule has 0 aliphatic carbocycles. The van der Waals surface area contributed by atoms with E-state index in [0.29, 0.717) is 18.8 Å². The average Bonchev–Trinajstić information content (AvgIpc) is 2.27. The Balaban J connectivity index is 1.90. The second-order valence-corrected chi connectivity index (χ2v) is 4.92. The summed E-state index contributed by atoms with van der Waals surface area (Å²) in [6.45, 7) is 4.50. The van der Waals surface area contributed by atoms with Gasteiger partial charge in [0, 0.05) is 25.7 Å². The fraction of sp³-hybridized carbons (Fsp3) is 0.538. The number of alkyl halides is 2. The minimum Gasteiger partial charge on any atom is -0.324 e. The molecular formula is C13H17F2N3O. The molecule has 0 bridgehead atoms. The predicted octanol–water partition coefficient (Wildman–Crippen LogP) is 2.82. The molecular weight excluding hydrogens is 252 g/mol. The molecule has 0 aromatic carbocycles. The lowest BCUT2D eigenvalue weighted by molar-refractivity contribution is 0.0572. The maximum Gasteiger partial charge on any atom is 0.321 e. The van der Waals surface area contributed by atoms with Crippen LogP contribution in [0.25, 0.3) is 0 Å². The number of halogens is 2. The van der Waals surface area contributed by atoms with Crippen molar-refractivity contribution in [1.29, 1.82) is 0 Å². The van der Waals surface area contributed by atoms with E-state index in [0.717, 1.165) is 11.3 Å². The summed E-state index contributed by atoms with van der Waals surface area (Å²) in [5.41, 5.74) is 2.38. The van der Waals surface area contributed by atoms with Crippen molar-refractivity contribution in [3.05, 3.63) is 23.5 Å². The van der Waals surface area contributed by atoms with Gasteiger partial charge in [-0.05, 0) is 31.4 Å². The van der Waals surface area contributed by atoms with E-state index in [4.69, 9.17) is 0 Å². The average molecular weight is 269 g/mol. The number of hydrogen-bond donors (Lipinski definition) is 1. The van der Waals surface area contributed by atoms with Gasteiger partial charge in [0.1, 0.15) is 0 Å². The Morgan fingerprint density at radius 1 is 1.53 bits per heavy atom. The van der Waals surface area contributed by atoms with E-state index in [2.05, 4.69) is 10.3 Å². The number of rotatable bonds is 3. The summed E-state index contributed by atoms with van der Waals surface area (Å²) < 4.78 is 24.3. The van der Waals surface area contributed by atoms with Crippen molar-refractivity contribution in [2.45, 2.75) is 26.7 Å². The Morgan fingerprint density at radius 2 is 2.21 bits per heavy atom. The van der Waals surface area contributed by atoms with Crippen molar-refractivity contribution in [3.8, 4) is 0 Å². The normalized spacial score (nSPS) is 15.5. The standard InChI is InChI=1S/C13H17F2N3O/c1-8-3-4-16-9(2)12(8)17-13(19)18-6-10(7-18)5-11(14)15/h3-4,10-11H,5-7H2,1-2H3,(H,17,19). The first kappa shape index (κ1) is 13.7. The molecule has 0 atom stereocenters. The van der Waals surface area contributed by atoms with Gasteiger partial charge in [-0.2, -0.15) is 0 Å². The fourth-order valence-electron chi connectivity index (χ4n) is 2.21. The summed E-state index contributed by atoms with van der Waals surface area (Å²) in [5.74, 6) is -0.0816. The van der Waals surface area contributed by atoms with Gasteiger partial charge < -0.3 is 10.2 Å². The summed E-state index contributed by atoms with van der Waals surface area (Å²) in [7, 11) is 0. The third kappa shape index (κ3) is 3.19. The van der Waals surface area contributed by atoms with Crippen LogP contribution in [0.1, 0.15) is 17.7 Å². The molecule has 1 aromatic heterocycles. The number of nitrogens with one attached hydrogen (secondary N) is 1. The molecule has 1 saturated heterocycles. The minimum absolute atomic E-state index is 0.0816. The van der Waals surface area contributed by atoms with Gasteiger partial charge in [-0.25, -0.2) is 13.6 Å². The van der Waals surface area contributed by atoms with Gasteiger partial charge in [0.15, 0.2) is 0 Å². The minimum atomic E-state index is -2.29. The molecule has 4 nitrogen and oxygen atoms in total. The lowest BCUT2D eigenvalue weighted by atomic mass is 9.97. The van der Waals surface area contributed by atoms with E-state index in [1.54, 1.807) is 11.1 Å². The molecule has 1 aliphatic heterocycles. The summed E-state index contributed by atoms with van der Waals surface area (Å²) >= 11 is 0. The third-order valence-electron chi connectivity index (χ3n) is 3.34. The van der Waals surface area contributed by atoms with E-state index >= 15 is 0 Å². The molecule has 2 heterocycles. The molecule has 0 spiro atoms. The highest BCUT2D eigenvalue weighted by Gasteiger charge is 2.32. The zero-order valence-electron chi connectivity index (χ0n) is 11.0. The van der Waals surface area contributed by atoms with E-state index in [1.807, 2.05) is 19.9 Å². The number of nitrogens with zero attached hydrogens (tertiary/aromatic N) is 2. The first-order valence-corrected chi connectivity index (χ1v) is 6.23. The van der Waals surface area contributed by atoms with Crippen molar-refractivity contribution in [2.24, 2.45) is 5.92 Å². The van der Waals surface area contributed by atoms with Gasteiger partial charge in [0.2, 0.25) is 6.43 Å². The number of urea groups is 1. The molecule has 1 N–H and O–H groups in total. The highest BCUT2D eigenvalue weighted by atomic mass is 19.3. The van der Waals surface area contributed by atoms with Crippen LogP contribution in [0.4, 0.5) is 19.3 Å². The van der Waals surface area contributed by atoms with Crippen LogP contribution < -0.4 is 5.32 Å². The second kappa shape index (κ2) is 5.50. The molecule has 6 heteroatoms. The monoisotopic (exact) mass is 269 g/mol. The molecule has 104 valence electrons. The zero-order valence-corrected chi connectivity index (χ0v) is 11.0. The van der Waals surface area contributed by atoms with Gasteiger partial charge in [-0.1, -0.05) is 0 Å². The molecule has 0 unspecified atom stereocenters. The summed E-state index contributed by atoms with van der Waals surface area (Å²) in [6, 6.07) is 1.57. The van der Waals surface area contributed by atoms with Gasteiger partial charge in [0.05, 0.1) is 11.4 Å². The molecule has 2 rings (SSSR count). The maximum absolute atomic E-state index is 12.2. The Hall–Kier alpha value is -1.72. The van der Waals surface area contributed by atoms with Crippen LogP contribution in [-0.2, 0) is 0 Å². The number of hydrogen-bond acceptors (Lipinski definition) is 2. The second-order valence-electron chi connectivity index (χ2n) is 4.92. The van der Waals surface area contributed by atoms with Crippen molar-refractivity contribution in [2.75, 3.05) is 18.4 Å². The Bertz CT molecular complexity index is 453. The number of carbonyl (C=O) groups is 1. The molecule has 0 radical (unpaired) electrons. The van der Waals surface area contributed by atoms with E-state index < -0.39 is 6.43 Å². The zero-order chi connectivity index (χ0) is 14.0. The molecule has 1 fully saturated rings. The SMILES string of the molecule is Cc1ccnc(C)c1NC(=O)N1CC(CC(F)F)C1. The summed E-state index contributed by atoms with van der Waals surface area (Å²) in [6.07, 6.45) is -0.741. The summed E-state index contributed by atoms with van der Waals surface area (Å²) in [5, 5.41) is 2.79. The largest absolute Gasteiger partial charge is 0.324 e. The number of aryl methyl sites for hydroxylation is 2. The smallest absolute Gasteiger partial charge is 0.321 e. The van der Waals surface area contributed by atoms with Gasteiger partial charge in [-0.3, -0.25) is 4.98 Å². The lowest BCUT2D eigenvalue weighted by Gasteiger charge is -2.39. The highest BCUT2D eigenvalue weighted by Crippen LogP contribution is 2.24. The van der Waals surface area contributed by atoms with Crippen LogP contribution in [-0.4, -0.2) is 35.4 Å². The van der Waals surface area contributed by atoms with Crippen LogP contribution in [0.15, 0.2) is 12.3 Å². The number of carbonyl (C=O) groups excluding carboxylic acids is 1. The van der Waals surface area contributed by atoms with Crippen LogP contribution >= 0.6 is 0 Å². The van der Waals surface area contributed by atoms with Crippen molar-refractivity contribution in [3.63, 3.8) is 0 Å². The van der Waals surface area contributed by atoms with Crippen molar-refractivity contribution < 1.29 is 13.6 Å². The third-order valence-corrected chi connectivity index (χ3v) is 3.34. The molecule has 1 aliphatic rings. The van der Waals surface area contributed by atoms with Crippen molar-refractivity contribution in [1.82, 2.24) is 9.88 Å². The van der Waals surface area contributed by atoms with Crippen LogP contribution in [0, 0.1) is 19.8 Å². The van der Waals surface area contributed by atoms with E-state index in [9.17, 15) is 13.6 Å². The first-order valence-electron chi connectivity index (χ1n) is 6.23. The number of amides is 2. The first-order chi connectivity index (χ1) is 8.97. The predicted molar refractivity (Wildman–Crippen MR) is 68.4 cm³/mol. The maximum atomic E-state index is 12.2. The molecule has 19 heavy (non-hydrogen) atoms. The van der Waals surface area contributed by atoms with Gasteiger partial charge in [-0.15, -0.1) is 0 Å².